The van der Waals surface area contributed by atoms with Gasteiger partial charge in [0.25, 0.3) is 0 Å². The summed E-state index contributed by atoms with van der Waals surface area (Å²) < 4.78 is 31.1. The van der Waals surface area contributed by atoms with E-state index in [1.807, 2.05) is 0 Å². The van der Waals surface area contributed by atoms with Gasteiger partial charge in [0.05, 0.1) is 17.9 Å². The Labute approximate surface area is 107 Å². The van der Waals surface area contributed by atoms with Crippen molar-refractivity contribution in [3.8, 4) is 0 Å². The van der Waals surface area contributed by atoms with Crippen LogP contribution in [0, 0.1) is 0 Å². The van der Waals surface area contributed by atoms with Crippen LogP contribution in [0.15, 0.2) is 4.99 Å². The lowest BCUT2D eigenvalue weighted by atomic mass is 10.1. The molecule has 2 aliphatic rings. The number of aliphatic imine (C=N–C) groups is 1. The molecule has 0 aromatic rings. The molecule has 0 spiro atoms. The van der Waals surface area contributed by atoms with Gasteiger partial charge in [0, 0.05) is 19.7 Å². The van der Waals surface area contributed by atoms with Crippen LogP contribution in [0.25, 0.3) is 0 Å². The topological polar surface area (TPSA) is 76.0 Å². The van der Waals surface area contributed by atoms with E-state index in [0.29, 0.717) is 32.5 Å². The number of sulfonamides is 1. The van der Waals surface area contributed by atoms with Gasteiger partial charge in [-0.05, 0) is 25.7 Å². The first-order valence-electron chi connectivity index (χ1n) is 6.28. The van der Waals surface area contributed by atoms with Crippen molar-refractivity contribution in [3.05, 3.63) is 0 Å². The Morgan fingerprint density at radius 2 is 2.00 bits per heavy atom. The van der Waals surface area contributed by atoms with Gasteiger partial charge in [0.1, 0.15) is 0 Å². The van der Waals surface area contributed by atoms with Crippen molar-refractivity contribution in [2.45, 2.75) is 37.8 Å². The van der Waals surface area contributed by atoms with Crippen molar-refractivity contribution in [1.82, 2.24) is 4.31 Å². The number of ether oxygens (including phenoxy) is 1. The number of hydrogen-bond donors (Lipinski definition) is 0. The Kier molecular flexibility index (Phi) is 4.50. The van der Waals surface area contributed by atoms with E-state index in [1.54, 1.807) is 0 Å². The van der Waals surface area contributed by atoms with E-state index in [0.717, 1.165) is 12.8 Å². The monoisotopic (exact) mass is 274 g/mol. The Morgan fingerprint density at radius 1 is 1.28 bits per heavy atom. The van der Waals surface area contributed by atoms with Crippen LogP contribution in [-0.2, 0) is 19.6 Å². The second-order valence-corrected chi connectivity index (χ2v) is 6.78. The molecule has 102 valence electrons. The number of nitrogens with zero attached hydrogens (tertiary/aromatic N) is 2. The third-order valence-corrected chi connectivity index (χ3v) is 5.42. The summed E-state index contributed by atoms with van der Waals surface area (Å²) in [6.07, 6.45) is 4.34. The van der Waals surface area contributed by atoms with Crippen LogP contribution in [0.2, 0.25) is 0 Å². The molecule has 0 amide bonds. The molecular formula is C11H18N2O4S. The van der Waals surface area contributed by atoms with E-state index < -0.39 is 10.0 Å². The molecule has 1 atom stereocenters. The molecule has 2 rings (SSSR count). The molecule has 0 aromatic carbocycles. The molecule has 2 fully saturated rings. The fraction of sp³-hybridized carbons (Fsp3) is 0.909. The van der Waals surface area contributed by atoms with E-state index in [9.17, 15) is 13.2 Å². The van der Waals surface area contributed by atoms with E-state index in [1.165, 1.54) is 10.4 Å². The zero-order valence-electron chi connectivity index (χ0n) is 10.2. The molecule has 0 N–H and O–H groups in total. The lowest BCUT2D eigenvalue weighted by Crippen LogP contribution is -2.42. The summed E-state index contributed by atoms with van der Waals surface area (Å²) in [7, 11) is -3.24. The summed E-state index contributed by atoms with van der Waals surface area (Å²) in [5, 5.41) is 0. The number of hydrogen-bond acceptors (Lipinski definition) is 5. The van der Waals surface area contributed by atoms with E-state index >= 15 is 0 Å². The van der Waals surface area contributed by atoms with Crippen LogP contribution in [0.4, 0.5) is 0 Å². The summed E-state index contributed by atoms with van der Waals surface area (Å²) >= 11 is 0. The zero-order valence-corrected chi connectivity index (χ0v) is 11.1. The number of piperidine rings is 1. The smallest absolute Gasteiger partial charge is 0.235 e. The fourth-order valence-corrected chi connectivity index (χ4v) is 4.15. The van der Waals surface area contributed by atoms with Crippen LogP contribution in [-0.4, -0.2) is 56.4 Å². The highest BCUT2D eigenvalue weighted by atomic mass is 32.2. The molecule has 2 aliphatic heterocycles. The second kappa shape index (κ2) is 5.93. The predicted molar refractivity (Wildman–Crippen MR) is 65.5 cm³/mol. The minimum Gasteiger partial charge on any atom is -0.377 e. The van der Waals surface area contributed by atoms with Crippen molar-refractivity contribution in [3.63, 3.8) is 0 Å². The second-order valence-electron chi connectivity index (χ2n) is 4.76. The Morgan fingerprint density at radius 3 is 2.56 bits per heavy atom. The molecule has 7 heteroatoms. The maximum absolute atomic E-state index is 12.1. The highest BCUT2D eigenvalue weighted by Crippen LogP contribution is 2.20. The van der Waals surface area contributed by atoms with Crippen LogP contribution < -0.4 is 0 Å². The minimum absolute atomic E-state index is 0.0725. The van der Waals surface area contributed by atoms with Gasteiger partial charge in [-0.3, -0.25) is 0 Å². The van der Waals surface area contributed by atoms with Crippen LogP contribution in [0.5, 0.6) is 0 Å². The molecule has 2 heterocycles. The third kappa shape index (κ3) is 3.38. The fourth-order valence-electron chi connectivity index (χ4n) is 2.44. The first-order valence-corrected chi connectivity index (χ1v) is 7.89. The van der Waals surface area contributed by atoms with Gasteiger partial charge in [-0.1, -0.05) is 0 Å². The van der Waals surface area contributed by atoms with Crippen molar-refractivity contribution < 1.29 is 17.9 Å². The maximum atomic E-state index is 12.1. The van der Waals surface area contributed by atoms with Gasteiger partial charge in [-0.2, -0.15) is 0 Å². The minimum atomic E-state index is -3.24. The number of rotatable bonds is 4. The molecule has 0 saturated carbocycles. The van der Waals surface area contributed by atoms with Gasteiger partial charge in [0.15, 0.2) is 0 Å². The highest BCUT2D eigenvalue weighted by Gasteiger charge is 2.31. The zero-order chi connectivity index (χ0) is 13.0. The van der Waals surface area contributed by atoms with Crippen molar-refractivity contribution in [2.75, 3.05) is 25.4 Å². The summed E-state index contributed by atoms with van der Waals surface area (Å²) in [6, 6.07) is -0.0725. The Bertz CT molecular complexity index is 416. The molecule has 0 radical (unpaired) electrons. The largest absolute Gasteiger partial charge is 0.377 e. The quantitative estimate of drug-likeness (QED) is 0.545. The van der Waals surface area contributed by atoms with Crippen LogP contribution in [0.1, 0.15) is 25.7 Å². The lowest BCUT2D eigenvalue weighted by Gasteiger charge is -2.29. The van der Waals surface area contributed by atoms with Crippen LogP contribution in [0.3, 0.4) is 0 Å². The molecule has 0 bridgehead atoms. The normalized spacial score (nSPS) is 27.0. The van der Waals surface area contributed by atoms with E-state index in [2.05, 4.69) is 4.99 Å². The summed E-state index contributed by atoms with van der Waals surface area (Å²) in [5.74, 6) is 0.0780. The van der Waals surface area contributed by atoms with Gasteiger partial charge in [-0.25, -0.2) is 22.5 Å². The van der Waals surface area contributed by atoms with Gasteiger partial charge >= 0.3 is 0 Å². The molecule has 0 aromatic heterocycles. The molecule has 18 heavy (non-hydrogen) atoms. The average Bonchev–Trinajstić information content (AvgIpc) is 2.82. The highest BCUT2D eigenvalue weighted by molar-refractivity contribution is 7.89. The number of isocyanates is 1. The van der Waals surface area contributed by atoms with Gasteiger partial charge in [-0.15, -0.1) is 0 Å². The first-order chi connectivity index (χ1) is 8.62. The van der Waals surface area contributed by atoms with E-state index in [4.69, 9.17) is 4.74 Å². The third-order valence-electron chi connectivity index (χ3n) is 3.47. The molecule has 0 aliphatic carbocycles. The van der Waals surface area contributed by atoms with E-state index in [-0.39, 0.29) is 17.9 Å². The SMILES string of the molecule is O=C=NC1CCN(S(=O)(=O)CC2CCCO2)CC1. The predicted octanol–water partition coefficient (Wildman–Crippen LogP) is 0.295. The molecule has 6 nitrogen and oxygen atoms in total. The van der Waals surface area contributed by atoms with Gasteiger partial charge in [0.2, 0.25) is 16.1 Å². The lowest BCUT2D eigenvalue weighted by molar-refractivity contribution is 0.126. The molecule has 2 saturated heterocycles. The maximum Gasteiger partial charge on any atom is 0.235 e. The van der Waals surface area contributed by atoms with Crippen molar-refractivity contribution in [2.24, 2.45) is 4.99 Å². The summed E-state index contributed by atoms with van der Waals surface area (Å²) in [6.45, 7) is 1.53. The molecule has 1 unspecified atom stereocenters. The molecular weight excluding hydrogens is 256 g/mol. The Balaban J connectivity index is 1.89. The average molecular weight is 274 g/mol. The Hall–Kier alpha value is -0.750. The van der Waals surface area contributed by atoms with Crippen molar-refractivity contribution in [1.29, 1.82) is 0 Å². The van der Waals surface area contributed by atoms with Gasteiger partial charge < -0.3 is 4.74 Å². The summed E-state index contributed by atoms with van der Waals surface area (Å²) in [4.78, 5) is 13.8. The first kappa shape index (κ1) is 13.7. The summed E-state index contributed by atoms with van der Waals surface area (Å²) in [5.41, 5.74) is 0. The number of carbonyl (C=O) groups excluding carboxylic acids is 1. The standard InChI is InChI=1S/C11H18N2O4S/c14-9-12-10-3-5-13(6-4-10)18(15,16)8-11-2-1-7-17-11/h10-11H,1-8H2. The van der Waals surface area contributed by atoms with Crippen molar-refractivity contribution >= 4 is 16.1 Å². The van der Waals surface area contributed by atoms with Crippen LogP contribution >= 0.6 is 0 Å².